The highest BCUT2D eigenvalue weighted by Crippen LogP contribution is 2.14. The Labute approximate surface area is 199 Å². The predicted octanol–water partition coefficient (Wildman–Crippen LogP) is 3.07. The number of hydrogen-bond acceptors (Lipinski definition) is 4. The van der Waals surface area contributed by atoms with E-state index in [9.17, 15) is 0 Å². The Kier molecular flexibility index (Phi) is 12.7. The number of likely N-dealkylation sites (tertiary alicyclic amines) is 1. The van der Waals surface area contributed by atoms with E-state index in [1.807, 2.05) is 0 Å². The second-order valence-corrected chi connectivity index (χ2v) is 8.04. The van der Waals surface area contributed by atoms with Crippen molar-refractivity contribution in [1.82, 2.24) is 20.4 Å². The first-order chi connectivity index (χ1) is 14.3. The number of hydrogen-bond donors (Lipinski definition) is 2. The van der Waals surface area contributed by atoms with Gasteiger partial charge in [-0.05, 0) is 44.0 Å². The summed E-state index contributed by atoms with van der Waals surface area (Å²) in [6, 6.07) is 8.70. The molecular formula is C23H40IN5O. The molecule has 2 aliphatic heterocycles. The lowest BCUT2D eigenvalue weighted by Crippen LogP contribution is -2.41. The molecule has 0 aliphatic carbocycles. The molecule has 1 aromatic carbocycles. The van der Waals surface area contributed by atoms with Crippen LogP contribution in [0.5, 0.6) is 0 Å². The van der Waals surface area contributed by atoms with E-state index in [1.165, 1.54) is 49.9 Å². The Morgan fingerprint density at radius 2 is 1.63 bits per heavy atom. The zero-order valence-corrected chi connectivity index (χ0v) is 20.9. The van der Waals surface area contributed by atoms with Crippen molar-refractivity contribution in [3.63, 3.8) is 0 Å². The van der Waals surface area contributed by atoms with Crippen molar-refractivity contribution in [2.45, 2.75) is 45.7 Å². The first-order valence-corrected chi connectivity index (χ1v) is 11.5. The van der Waals surface area contributed by atoms with Crippen LogP contribution in [0.25, 0.3) is 0 Å². The Morgan fingerprint density at radius 1 is 0.933 bits per heavy atom. The maximum Gasteiger partial charge on any atom is 0.191 e. The molecule has 0 bridgehead atoms. The molecule has 0 atom stereocenters. The van der Waals surface area contributed by atoms with E-state index in [4.69, 9.17) is 9.73 Å². The number of ether oxygens (including phenoxy) is 1. The lowest BCUT2D eigenvalue weighted by atomic mass is 10.1. The van der Waals surface area contributed by atoms with Crippen LogP contribution >= 0.6 is 24.0 Å². The van der Waals surface area contributed by atoms with Crippen molar-refractivity contribution in [3.8, 4) is 0 Å². The molecule has 0 spiro atoms. The molecule has 0 unspecified atom stereocenters. The Morgan fingerprint density at radius 3 is 2.33 bits per heavy atom. The molecular weight excluding hydrogens is 489 g/mol. The predicted molar refractivity (Wildman–Crippen MR) is 136 cm³/mol. The van der Waals surface area contributed by atoms with Gasteiger partial charge in [-0.25, -0.2) is 4.99 Å². The standard InChI is InChI=1S/C23H39N5O.HI/c1-2-24-23(25-11-14-27-12-7-3-4-8-13-27)26-19-21-9-5-6-10-22(21)20-28-15-17-29-18-16-28;/h5-6,9-10H,2-4,7-8,11-20H2,1H3,(H2,24,25,26);1H. The minimum atomic E-state index is 0. The van der Waals surface area contributed by atoms with Crippen molar-refractivity contribution in [2.24, 2.45) is 4.99 Å². The molecule has 7 heteroatoms. The highest BCUT2D eigenvalue weighted by Gasteiger charge is 2.13. The van der Waals surface area contributed by atoms with Crippen LogP contribution in [0, 0.1) is 0 Å². The van der Waals surface area contributed by atoms with E-state index < -0.39 is 0 Å². The number of halogens is 1. The maximum atomic E-state index is 5.48. The summed E-state index contributed by atoms with van der Waals surface area (Å²) in [5, 5.41) is 6.93. The van der Waals surface area contributed by atoms with Gasteiger partial charge in [0.1, 0.15) is 0 Å². The number of guanidine groups is 1. The molecule has 2 N–H and O–H groups in total. The molecule has 2 heterocycles. The Balaban J connectivity index is 0.00000320. The number of nitrogens with one attached hydrogen (secondary N) is 2. The van der Waals surface area contributed by atoms with Gasteiger partial charge in [0, 0.05) is 39.3 Å². The van der Waals surface area contributed by atoms with E-state index in [1.54, 1.807) is 0 Å². The zero-order chi connectivity index (χ0) is 20.2. The van der Waals surface area contributed by atoms with Gasteiger partial charge in [0.2, 0.25) is 0 Å². The van der Waals surface area contributed by atoms with E-state index in [-0.39, 0.29) is 24.0 Å². The van der Waals surface area contributed by atoms with Crippen LogP contribution in [0.1, 0.15) is 43.7 Å². The molecule has 1 aromatic rings. The molecule has 3 rings (SSSR count). The largest absolute Gasteiger partial charge is 0.379 e. The summed E-state index contributed by atoms with van der Waals surface area (Å²) in [5.74, 6) is 0.920. The average Bonchev–Trinajstić information content (AvgIpc) is 3.02. The number of aliphatic imine (C=N–C) groups is 1. The second kappa shape index (κ2) is 15.0. The van der Waals surface area contributed by atoms with E-state index in [0.29, 0.717) is 6.54 Å². The van der Waals surface area contributed by atoms with Gasteiger partial charge in [-0.15, -0.1) is 24.0 Å². The molecule has 2 aliphatic rings. The quantitative estimate of drug-likeness (QED) is 0.308. The fourth-order valence-corrected chi connectivity index (χ4v) is 4.06. The maximum absolute atomic E-state index is 5.48. The van der Waals surface area contributed by atoms with Gasteiger partial charge in [-0.1, -0.05) is 37.1 Å². The highest BCUT2D eigenvalue weighted by molar-refractivity contribution is 14.0. The van der Waals surface area contributed by atoms with Gasteiger partial charge in [0.15, 0.2) is 5.96 Å². The molecule has 170 valence electrons. The summed E-state index contributed by atoms with van der Waals surface area (Å²) >= 11 is 0. The molecule has 2 fully saturated rings. The minimum Gasteiger partial charge on any atom is -0.379 e. The fourth-order valence-electron chi connectivity index (χ4n) is 4.06. The summed E-state index contributed by atoms with van der Waals surface area (Å²) in [4.78, 5) is 9.92. The topological polar surface area (TPSA) is 52.1 Å². The van der Waals surface area contributed by atoms with Crippen LogP contribution in [0.3, 0.4) is 0 Å². The number of benzene rings is 1. The monoisotopic (exact) mass is 529 g/mol. The minimum absolute atomic E-state index is 0. The first-order valence-electron chi connectivity index (χ1n) is 11.5. The molecule has 2 saturated heterocycles. The van der Waals surface area contributed by atoms with Crippen molar-refractivity contribution < 1.29 is 4.74 Å². The Hall–Kier alpha value is -0.900. The number of morpholine rings is 1. The summed E-state index contributed by atoms with van der Waals surface area (Å²) in [5.41, 5.74) is 2.68. The second-order valence-electron chi connectivity index (χ2n) is 8.04. The highest BCUT2D eigenvalue weighted by atomic mass is 127. The van der Waals surface area contributed by atoms with Gasteiger partial charge in [-0.2, -0.15) is 0 Å². The molecule has 0 amide bonds. The summed E-state index contributed by atoms with van der Waals surface area (Å²) < 4.78 is 5.48. The average molecular weight is 530 g/mol. The van der Waals surface area contributed by atoms with Crippen molar-refractivity contribution in [2.75, 3.05) is 59.0 Å². The SMILES string of the molecule is CCNC(=NCc1ccccc1CN1CCOCC1)NCCN1CCCCCC1.I. The Bertz CT molecular complexity index is 613. The molecule has 30 heavy (non-hydrogen) atoms. The van der Waals surface area contributed by atoms with E-state index in [2.05, 4.69) is 51.6 Å². The smallest absolute Gasteiger partial charge is 0.191 e. The first kappa shape index (κ1) is 25.4. The van der Waals surface area contributed by atoms with Crippen LogP contribution in [-0.4, -0.2) is 74.8 Å². The van der Waals surface area contributed by atoms with Crippen molar-refractivity contribution >= 4 is 29.9 Å². The third kappa shape index (κ3) is 9.08. The van der Waals surface area contributed by atoms with Gasteiger partial charge in [0.05, 0.1) is 19.8 Å². The molecule has 0 saturated carbocycles. The third-order valence-corrected chi connectivity index (χ3v) is 5.79. The van der Waals surface area contributed by atoms with Gasteiger partial charge >= 0.3 is 0 Å². The molecule has 6 nitrogen and oxygen atoms in total. The summed E-state index contributed by atoms with van der Waals surface area (Å²) in [6.45, 7) is 12.9. The third-order valence-electron chi connectivity index (χ3n) is 5.79. The van der Waals surface area contributed by atoms with Crippen LogP contribution < -0.4 is 10.6 Å². The van der Waals surface area contributed by atoms with E-state index in [0.717, 1.165) is 58.4 Å². The van der Waals surface area contributed by atoms with Crippen LogP contribution in [0.4, 0.5) is 0 Å². The lowest BCUT2D eigenvalue weighted by molar-refractivity contribution is 0.0341. The van der Waals surface area contributed by atoms with Crippen LogP contribution in [0.15, 0.2) is 29.3 Å². The van der Waals surface area contributed by atoms with E-state index >= 15 is 0 Å². The summed E-state index contributed by atoms with van der Waals surface area (Å²) in [6.07, 6.45) is 5.46. The fraction of sp³-hybridized carbons (Fsp3) is 0.696. The lowest BCUT2D eigenvalue weighted by Gasteiger charge is -2.27. The van der Waals surface area contributed by atoms with Gasteiger partial charge < -0.3 is 20.3 Å². The van der Waals surface area contributed by atoms with Crippen LogP contribution in [-0.2, 0) is 17.8 Å². The molecule has 0 radical (unpaired) electrons. The van der Waals surface area contributed by atoms with Crippen LogP contribution in [0.2, 0.25) is 0 Å². The normalized spacial score (nSPS) is 19.0. The van der Waals surface area contributed by atoms with Gasteiger partial charge in [-0.3, -0.25) is 4.90 Å². The van der Waals surface area contributed by atoms with Crippen molar-refractivity contribution in [1.29, 1.82) is 0 Å². The number of rotatable bonds is 8. The van der Waals surface area contributed by atoms with Gasteiger partial charge in [0.25, 0.3) is 0 Å². The summed E-state index contributed by atoms with van der Waals surface area (Å²) in [7, 11) is 0. The molecule has 0 aromatic heterocycles. The zero-order valence-electron chi connectivity index (χ0n) is 18.6. The number of nitrogens with zero attached hydrogens (tertiary/aromatic N) is 3. The van der Waals surface area contributed by atoms with Crippen molar-refractivity contribution in [3.05, 3.63) is 35.4 Å².